The highest BCUT2D eigenvalue weighted by atomic mass is 32.2. The van der Waals surface area contributed by atoms with Crippen molar-refractivity contribution in [1.29, 1.82) is 0 Å². The number of anilines is 1. The SMILES string of the molecule is C[C@H](C(=O)N(C)[C@@H]1CCS(=O)(=O)C1)N1CCc2ccccc21. The van der Waals surface area contributed by atoms with Crippen LogP contribution in [0.1, 0.15) is 18.9 Å². The molecule has 1 fully saturated rings. The molecule has 0 bridgehead atoms. The van der Waals surface area contributed by atoms with Crippen LogP contribution in [0.4, 0.5) is 5.69 Å². The van der Waals surface area contributed by atoms with E-state index in [0.29, 0.717) is 6.42 Å². The summed E-state index contributed by atoms with van der Waals surface area (Å²) in [7, 11) is -1.25. The summed E-state index contributed by atoms with van der Waals surface area (Å²) < 4.78 is 23.2. The molecule has 22 heavy (non-hydrogen) atoms. The van der Waals surface area contributed by atoms with Crippen LogP contribution < -0.4 is 4.90 Å². The van der Waals surface area contributed by atoms with Gasteiger partial charge in [0.15, 0.2) is 9.84 Å². The van der Waals surface area contributed by atoms with E-state index < -0.39 is 9.84 Å². The van der Waals surface area contributed by atoms with Gasteiger partial charge in [0.2, 0.25) is 5.91 Å². The standard InChI is InChI=1S/C16H22N2O3S/c1-12(18-9-7-13-5-3-4-6-15(13)18)16(19)17(2)14-8-10-22(20,21)11-14/h3-6,12,14H,7-11H2,1-2H3/t12-,14-/m1/s1. The third-order valence-corrected chi connectivity index (χ3v) is 6.60. The molecule has 1 amide bonds. The fourth-order valence-electron chi connectivity index (χ4n) is 3.45. The second kappa shape index (κ2) is 5.57. The van der Waals surface area contributed by atoms with Gasteiger partial charge in [-0.15, -0.1) is 0 Å². The molecule has 2 aliphatic rings. The Balaban J connectivity index is 1.73. The van der Waals surface area contributed by atoms with Gasteiger partial charge in [-0.25, -0.2) is 8.42 Å². The Morgan fingerprint density at radius 1 is 1.36 bits per heavy atom. The van der Waals surface area contributed by atoms with E-state index in [1.165, 1.54) is 5.56 Å². The van der Waals surface area contributed by atoms with Gasteiger partial charge in [-0.3, -0.25) is 4.79 Å². The third-order valence-electron chi connectivity index (χ3n) is 4.85. The first-order chi connectivity index (χ1) is 10.4. The highest BCUT2D eigenvalue weighted by Gasteiger charge is 2.36. The quantitative estimate of drug-likeness (QED) is 0.836. The van der Waals surface area contributed by atoms with Crippen LogP contribution in [0.15, 0.2) is 24.3 Å². The Morgan fingerprint density at radius 3 is 2.77 bits per heavy atom. The molecule has 0 aliphatic carbocycles. The zero-order valence-corrected chi connectivity index (χ0v) is 13.8. The number of likely N-dealkylation sites (N-methyl/N-ethyl adjacent to an activating group) is 1. The Kier molecular flexibility index (Phi) is 3.89. The molecule has 0 aromatic heterocycles. The number of hydrogen-bond donors (Lipinski definition) is 0. The molecule has 2 heterocycles. The second-order valence-corrected chi connectivity index (χ2v) is 8.48. The molecule has 120 valence electrons. The second-order valence-electron chi connectivity index (χ2n) is 6.25. The lowest BCUT2D eigenvalue weighted by Gasteiger charge is -2.32. The van der Waals surface area contributed by atoms with Crippen molar-refractivity contribution in [2.24, 2.45) is 0 Å². The Morgan fingerprint density at radius 2 is 2.09 bits per heavy atom. The van der Waals surface area contributed by atoms with Crippen LogP contribution in [0.2, 0.25) is 0 Å². The number of carbonyl (C=O) groups is 1. The lowest BCUT2D eigenvalue weighted by Crippen LogP contribution is -2.49. The zero-order valence-electron chi connectivity index (χ0n) is 13.0. The fourth-order valence-corrected chi connectivity index (χ4v) is 5.23. The average molecular weight is 322 g/mol. The van der Waals surface area contributed by atoms with E-state index in [4.69, 9.17) is 0 Å². The minimum atomic E-state index is -2.97. The van der Waals surface area contributed by atoms with Crippen LogP contribution in [0, 0.1) is 0 Å². The molecule has 5 nitrogen and oxygen atoms in total. The number of nitrogens with zero attached hydrogens (tertiary/aromatic N) is 2. The molecule has 0 radical (unpaired) electrons. The lowest BCUT2D eigenvalue weighted by molar-refractivity contribution is -0.132. The van der Waals surface area contributed by atoms with Gasteiger partial charge in [0.25, 0.3) is 0 Å². The van der Waals surface area contributed by atoms with E-state index in [1.54, 1.807) is 11.9 Å². The highest BCUT2D eigenvalue weighted by Crippen LogP contribution is 2.30. The van der Waals surface area contributed by atoms with Crippen molar-refractivity contribution in [3.05, 3.63) is 29.8 Å². The summed E-state index contributed by atoms with van der Waals surface area (Å²) in [6.45, 7) is 2.74. The van der Waals surface area contributed by atoms with E-state index in [2.05, 4.69) is 11.0 Å². The molecule has 0 N–H and O–H groups in total. The Bertz CT molecular complexity index is 686. The normalized spacial score (nSPS) is 24.1. The van der Waals surface area contributed by atoms with Crippen molar-refractivity contribution in [1.82, 2.24) is 4.90 Å². The topological polar surface area (TPSA) is 57.7 Å². The number of para-hydroxylation sites is 1. The Hall–Kier alpha value is -1.56. The largest absolute Gasteiger partial charge is 0.359 e. The van der Waals surface area contributed by atoms with Gasteiger partial charge in [0.1, 0.15) is 6.04 Å². The predicted octanol–water partition coefficient (Wildman–Crippen LogP) is 1.08. The molecular weight excluding hydrogens is 300 g/mol. The van der Waals surface area contributed by atoms with E-state index in [9.17, 15) is 13.2 Å². The van der Waals surface area contributed by atoms with Crippen LogP contribution in [0.5, 0.6) is 0 Å². The number of amides is 1. The maximum absolute atomic E-state index is 12.7. The van der Waals surface area contributed by atoms with Crippen molar-refractivity contribution >= 4 is 21.4 Å². The van der Waals surface area contributed by atoms with Gasteiger partial charge in [0.05, 0.1) is 11.5 Å². The minimum absolute atomic E-state index is 0.00111. The van der Waals surface area contributed by atoms with Gasteiger partial charge >= 0.3 is 0 Å². The van der Waals surface area contributed by atoms with Crippen LogP contribution in [0.3, 0.4) is 0 Å². The number of sulfone groups is 1. The maximum atomic E-state index is 12.7. The zero-order chi connectivity index (χ0) is 15.9. The molecule has 2 aliphatic heterocycles. The molecule has 0 spiro atoms. The van der Waals surface area contributed by atoms with Gasteiger partial charge in [-0.1, -0.05) is 18.2 Å². The Labute approximate surface area is 131 Å². The first-order valence-corrected chi connectivity index (χ1v) is 9.53. The summed E-state index contributed by atoms with van der Waals surface area (Å²) in [4.78, 5) is 16.5. The van der Waals surface area contributed by atoms with E-state index in [1.807, 2.05) is 25.1 Å². The van der Waals surface area contributed by atoms with Crippen molar-refractivity contribution in [2.45, 2.75) is 31.8 Å². The summed E-state index contributed by atoms with van der Waals surface area (Å²) in [5.41, 5.74) is 2.39. The van der Waals surface area contributed by atoms with Crippen molar-refractivity contribution in [2.75, 3.05) is 30.0 Å². The van der Waals surface area contributed by atoms with Gasteiger partial charge < -0.3 is 9.80 Å². The van der Waals surface area contributed by atoms with Crippen LogP contribution >= 0.6 is 0 Å². The molecular formula is C16H22N2O3S. The summed E-state index contributed by atoms with van der Waals surface area (Å²) >= 11 is 0. The molecule has 6 heteroatoms. The van der Waals surface area contributed by atoms with Gasteiger partial charge in [-0.2, -0.15) is 0 Å². The molecule has 2 atom stereocenters. The van der Waals surface area contributed by atoms with E-state index in [-0.39, 0.29) is 29.5 Å². The van der Waals surface area contributed by atoms with Crippen LogP contribution in [0.25, 0.3) is 0 Å². The maximum Gasteiger partial charge on any atom is 0.245 e. The smallest absolute Gasteiger partial charge is 0.245 e. The van der Waals surface area contributed by atoms with E-state index >= 15 is 0 Å². The van der Waals surface area contributed by atoms with Gasteiger partial charge in [-0.05, 0) is 31.4 Å². The summed E-state index contributed by atoms with van der Waals surface area (Å²) in [6, 6.07) is 7.70. The number of carbonyl (C=O) groups excluding carboxylic acids is 1. The van der Waals surface area contributed by atoms with E-state index in [0.717, 1.165) is 18.7 Å². The molecule has 1 aromatic rings. The fraction of sp³-hybridized carbons (Fsp3) is 0.562. The van der Waals surface area contributed by atoms with Crippen LogP contribution in [-0.4, -0.2) is 56.4 Å². The minimum Gasteiger partial charge on any atom is -0.359 e. The first-order valence-electron chi connectivity index (χ1n) is 7.71. The summed E-state index contributed by atoms with van der Waals surface area (Å²) in [5.74, 6) is 0.285. The number of fused-ring (bicyclic) bond motifs is 1. The van der Waals surface area contributed by atoms with Crippen LogP contribution in [-0.2, 0) is 21.1 Å². The molecule has 1 saturated heterocycles. The predicted molar refractivity (Wildman–Crippen MR) is 86.8 cm³/mol. The monoisotopic (exact) mass is 322 g/mol. The third kappa shape index (κ3) is 2.72. The summed E-state index contributed by atoms with van der Waals surface area (Å²) in [5, 5.41) is 0. The average Bonchev–Trinajstić information content (AvgIpc) is 3.08. The number of hydrogen-bond acceptors (Lipinski definition) is 4. The van der Waals surface area contributed by atoms with Crippen molar-refractivity contribution < 1.29 is 13.2 Å². The molecule has 1 aromatic carbocycles. The molecule has 0 unspecified atom stereocenters. The number of rotatable bonds is 3. The van der Waals surface area contributed by atoms with Gasteiger partial charge in [0, 0.05) is 25.3 Å². The first kappa shape index (κ1) is 15.3. The molecule has 3 rings (SSSR count). The highest BCUT2D eigenvalue weighted by molar-refractivity contribution is 7.91. The number of benzene rings is 1. The van der Waals surface area contributed by atoms with Crippen molar-refractivity contribution in [3.8, 4) is 0 Å². The lowest BCUT2D eigenvalue weighted by atomic mass is 10.1. The summed E-state index contributed by atoms with van der Waals surface area (Å²) in [6.07, 6.45) is 1.50. The molecule has 0 saturated carbocycles. The van der Waals surface area contributed by atoms with Crippen molar-refractivity contribution in [3.63, 3.8) is 0 Å².